The Bertz CT molecular complexity index is 505. The van der Waals surface area contributed by atoms with Crippen LogP contribution in [0.15, 0.2) is 24.3 Å². The van der Waals surface area contributed by atoms with Crippen molar-refractivity contribution in [2.24, 2.45) is 11.8 Å². The number of para-hydroxylation sites is 1. The second-order valence-electron chi connectivity index (χ2n) is 5.84. The molecule has 0 saturated carbocycles. The zero-order valence-electron chi connectivity index (χ0n) is 11.7. The second kappa shape index (κ2) is 5.65. The first-order valence-corrected chi connectivity index (χ1v) is 7.81. The van der Waals surface area contributed by atoms with Gasteiger partial charge in [-0.05, 0) is 30.4 Å². The van der Waals surface area contributed by atoms with E-state index in [1.807, 2.05) is 29.2 Å². The smallest absolute Gasteiger partial charge is 0.229 e. The summed E-state index contributed by atoms with van der Waals surface area (Å²) in [6.07, 6.45) is 1.82. The topological polar surface area (TPSA) is 29.5 Å². The van der Waals surface area contributed by atoms with E-state index in [-0.39, 0.29) is 17.9 Å². The largest absolute Gasteiger partial charge is 0.492 e. The quantitative estimate of drug-likeness (QED) is 0.785. The van der Waals surface area contributed by atoms with E-state index in [9.17, 15) is 4.79 Å². The van der Waals surface area contributed by atoms with Crippen molar-refractivity contribution in [2.45, 2.75) is 25.8 Å². The van der Waals surface area contributed by atoms with Gasteiger partial charge in [-0.1, -0.05) is 25.1 Å². The highest BCUT2D eigenvalue weighted by molar-refractivity contribution is 6.18. The highest BCUT2D eigenvalue weighted by Crippen LogP contribution is 2.31. The zero-order valence-corrected chi connectivity index (χ0v) is 12.5. The zero-order chi connectivity index (χ0) is 14.1. The molecule has 1 aromatic rings. The summed E-state index contributed by atoms with van der Waals surface area (Å²) in [6.45, 7) is 3.48. The minimum absolute atomic E-state index is 0.0686. The van der Waals surface area contributed by atoms with E-state index in [1.54, 1.807) is 0 Å². The third-order valence-corrected chi connectivity index (χ3v) is 4.87. The maximum absolute atomic E-state index is 12.7. The number of halogens is 1. The van der Waals surface area contributed by atoms with Crippen molar-refractivity contribution >= 4 is 17.5 Å². The molecule has 4 heteroatoms. The summed E-state index contributed by atoms with van der Waals surface area (Å²) in [5.74, 6) is 2.07. The van der Waals surface area contributed by atoms with Crippen LogP contribution in [-0.4, -0.2) is 35.9 Å². The van der Waals surface area contributed by atoms with Gasteiger partial charge in [-0.25, -0.2) is 0 Å². The van der Waals surface area contributed by atoms with E-state index < -0.39 is 0 Å². The average molecular weight is 294 g/mol. The standard InChI is InChI=1S/C16H20ClNO2/c1-11-6-7-18(14(11)9-17)16(19)13-8-12-4-2-3-5-15(12)20-10-13/h2-5,11,13-14H,6-10H2,1H3. The SMILES string of the molecule is CC1CCN(C(=O)C2COc3ccccc3C2)C1CCl. The van der Waals surface area contributed by atoms with E-state index in [1.165, 1.54) is 0 Å². The van der Waals surface area contributed by atoms with Crippen LogP contribution >= 0.6 is 11.6 Å². The Morgan fingerprint density at radius 2 is 2.25 bits per heavy atom. The van der Waals surface area contributed by atoms with Crippen LogP contribution in [0.5, 0.6) is 5.75 Å². The van der Waals surface area contributed by atoms with Crippen LogP contribution in [0.1, 0.15) is 18.9 Å². The van der Waals surface area contributed by atoms with Crippen molar-refractivity contribution in [2.75, 3.05) is 19.0 Å². The van der Waals surface area contributed by atoms with Crippen LogP contribution in [0.2, 0.25) is 0 Å². The van der Waals surface area contributed by atoms with Crippen molar-refractivity contribution in [3.63, 3.8) is 0 Å². The minimum atomic E-state index is -0.0686. The molecule has 3 rings (SSSR count). The van der Waals surface area contributed by atoms with Gasteiger partial charge in [0.15, 0.2) is 0 Å². The van der Waals surface area contributed by atoms with E-state index in [0.717, 1.165) is 30.7 Å². The highest BCUT2D eigenvalue weighted by atomic mass is 35.5. The van der Waals surface area contributed by atoms with Gasteiger partial charge in [-0.15, -0.1) is 11.6 Å². The summed E-state index contributed by atoms with van der Waals surface area (Å²) >= 11 is 6.04. The summed E-state index contributed by atoms with van der Waals surface area (Å²) < 4.78 is 5.73. The minimum Gasteiger partial charge on any atom is -0.492 e. The predicted octanol–water partition coefficient (Wildman–Crippen LogP) is 2.71. The van der Waals surface area contributed by atoms with Crippen molar-refractivity contribution in [3.05, 3.63) is 29.8 Å². The molecule has 0 aromatic heterocycles. The fraction of sp³-hybridized carbons (Fsp3) is 0.562. The monoisotopic (exact) mass is 293 g/mol. The van der Waals surface area contributed by atoms with Crippen molar-refractivity contribution in [3.8, 4) is 5.75 Å². The summed E-state index contributed by atoms with van der Waals surface area (Å²) in [5, 5.41) is 0. The Balaban J connectivity index is 1.73. The number of amides is 1. The number of hydrogen-bond acceptors (Lipinski definition) is 2. The highest BCUT2D eigenvalue weighted by Gasteiger charge is 2.38. The average Bonchev–Trinajstić information content (AvgIpc) is 2.86. The molecule has 20 heavy (non-hydrogen) atoms. The Labute approximate surface area is 124 Å². The number of benzene rings is 1. The molecule has 1 aromatic carbocycles. The maximum Gasteiger partial charge on any atom is 0.229 e. The number of hydrogen-bond donors (Lipinski definition) is 0. The Kier molecular flexibility index (Phi) is 3.88. The molecule has 0 spiro atoms. The third kappa shape index (κ3) is 2.39. The molecular weight excluding hydrogens is 274 g/mol. The molecule has 2 aliphatic heterocycles. The summed E-state index contributed by atoms with van der Waals surface area (Å²) in [5.41, 5.74) is 1.13. The van der Waals surface area contributed by atoms with Gasteiger partial charge < -0.3 is 9.64 Å². The predicted molar refractivity (Wildman–Crippen MR) is 79.1 cm³/mol. The molecular formula is C16H20ClNO2. The molecule has 3 unspecified atom stereocenters. The number of rotatable bonds is 2. The molecule has 3 atom stereocenters. The first-order valence-electron chi connectivity index (χ1n) is 7.28. The van der Waals surface area contributed by atoms with Crippen LogP contribution in [0, 0.1) is 11.8 Å². The summed E-state index contributed by atoms with van der Waals surface area (Å²) in [7, 11) is 0. The van der Waals surface area contributed by atoms with Gasteiger partial charge in [0.25, 0.3) is 0 Å². The maximum atomic E-state index is 12.7. The third-order valence-electron chi connectivity index (χ3n) is 4.55. The number of fused-ring (bicyclic) bond motifs is 1. The van der Waals surface area contributed by atoms with Gasteiger partial charge in [0, 0.05) is 18.5 Å². The molecule has 3 nitrogen and oxygen atoms in total. The summed E-state index contributed by atoms with van der Waals surface area (Å²) in [4.78, 5) is 14.7. The molecule has 1 saturated heterocycles. The molecule has 108 valence electrons. The number of carbonyl (C=O) groups excluding carboxylic acids is 1. The lowest BCUT2D eigenvalue weighted by atomic mass is 9.95. The van der Waals surface area contributed by atoms with Gasteiger partial charge in [0.05, 0.1) is 5.92 Å². The number of carbonyl (C=O) groups is 1. The number of ether oxygens (including phenoxy) is 1. The van der Waals surface area contributed by atoms with Crippen LogP contribution in [0.3, 0.4) is 0 Å². The molecule has 0 N–H and O–H groups in total. The van der Waals surface area contributed by atoms with Crippen molar-refractivity contribution in [1.29, 1.82) is 0 Å². The Hall–Kier alpha value is -1.22. The number of likely N-dealkylation sites (tertiary alicyclic amines) is 1. The lowest BCUT2D eigenvalue weighted by Crippen LogP contribution is -2.45. The first-order chi connectivity index (χ1) is 9.70. The fourth-order valence-corrected chi connectivity index (χ4v) is 3.71. The molecule has 0 aliphatic carbocycles. The van der Waals surface area contributed by atoms with E-state index in [2.05, 4.69) is 6.92 Å². The fourth-order valence-electron chi connectivity index (χ4n) is 3.24. The molecule has 0 radical (unpaired) electrons. The lowest BCUT2D eigenvalue weighted by Gasteiger charge is -2.31. The van der Waals surface area contributed by atoms with Gasteiger partial charge in [0.1, 0.15) is 12.4 Å². The van der Waals surface area contributed by atoms with Gasteiger partial charge in [-0.2, -0.15) is 0 Å². The van der Waals surface area contributed by atoms with Gasteiger partial charge in [-0.3, -0.25) is 4.79 Å². The number of nitrogens with zero attached hydrogens (tertiary/aromatic N) is 1. The molecule has 2 heterocycles. The second-order valence-corrected chi connectivity index (χ2v) is 6.15. The van der Waals surface area contributed by atoms with Crippen LogP contribution in [0.4, 0.5) is 0 Å². The molecule has 1 amide bonds. The van der Waals surface area contributed by atoms with E-state index >= 15 is 0 Å². The van der Waals surface area contributed by atoms with Gasteiger partial charge >= 0.3 is 0 Å². The number of alkyl halides is 1. The van der Waals surface area contributed by atoms with Crippen molar-refractivity contribution < 1.29 is 9.53 Å². The first kappa shape index (κ1) is 13.7. The van der Waals surface area contributed by atoms with Crippen LogP contribution in [0.25, 0.3) is 0 Å². The Morgan fingerprint density at radius 3 is 3.05 bits per heavy atom. The molecule has 1 fully saturated rings. The normalized spacial score (nSPS) is 28.9. The van der Waals surface area contributed by atoms with Crippen molar-refractivity contribution in [1.82, 2.24) is 4.90 Å². The van der Waals surface area contributed by atoms with E-state index in [0.29, 0.717) is 18.4 Å². The lowest BCUT2D eigenvalue weighted by molar-refractivity contribution is -0.137. The summed E-state index contributed by atoms with van der Waals surface area (Å²) in [6, 6.07) is 8.15. The van der Waals surface area contributed by atoms with Crippen LogP contribution in [-0.2, 0) is 11.2 Å². The molecule has 2 aliphatic rings. The van der Waals surface area contributed by atoms with Gasteiger partial charge in [0.2, 0.25) is 5.91 Å². The molecule has 0 bridgehead atoms. The Morgan fingerprint density at radius 1 is 1.45 bits per heavy atom. The van der Waals surface area contributed by atoms with Crippen LogP contribution < -0.4 is 4.74 Å². The van der Waals surface area contributed by atoms with E-state index in [4.69, 9.17) is 16.3 Å².